The van der Waals surface area contributed by atoms with Crippen LogP contribution in [0, 0.1) is 0 Å². The predicted octanol–water partition coefficient (Wildman–Crippen LogP) is 3.75. The Labute approximate surface area is 213 Å². The molecule has 0 atom stereocenters. The molecule has 2 aromatic heterocycles. The van der Waals surface area contributed by atoms with Gasteiger partial charge in [0.1, 0.15) is 0 Å². The molecule has 2 N–H and O–H groups in total. The van der Waals surface area contributed by atoms with Gasteiger partial charge < -0.3 is 9.64 Å². The number of nitrogens with one attached hydrogen (secondary N) is 2. The molecule has 0 saturated carbocycles. The van der Waals surface area contributed by atoms with Crippen LogP contribution in [0.2, 0.25) is 0 Å². The van der Waals surface area contributed by atoms with E-state index in [0.717, 1.165) is 22.3 Å². The first-order valence-electron chi connectivity index (χ1n) is 11.6. The fourth-order valence-electron chi connectivity index (χ4n) is 4.26. The molecule has 2 aromatic carbocycles. The molecule has 0 spiro atoms. The van der Waals surface area contributed by atoms with Crippen LogP contribution >= 0.6 is 11.8 Å². The van der Waals surface area contributed by atoms with Crippen LogP contribution in [-0.4, -0.2) is 53.0 Å². The molecule has 3 heterocycles. The average molecular weight is 502 g/mol. The number of nitrogens with zero attached hydrogens (tertiary/aromatic N) is 3. The summed E-state index contributed by atoms with van der Waals surface area (Å²) in [5.41, 5.74) is 8.08. The lowest BCUT2D eigenvalue weighted by atomic mass is 9.99. The Kier molecular flexibility index (Phi) is 7.18. The number of benzene rings is 2. The molecule has 36 heavy (non-hydrogen) atoms. The lowest BCUT2D eigenvalue weighted by Gasteiger charge is -2.26. The number of rotatable bonds is 6. The SMILES string of the molecule is O=C(NNCl)c1cc(-c2ccc(-c3ccc(CC(=O)N4CCOCC4)cc3)cc2)nc2ccncc12. The zero-order valence-electron chi connectivity index (χ0n) is 19.4. The lowest BCUT2D eigenvalue weighted by Crippen LogP contribution is -2.41. The molecule has 0 unspecified atom stereocenters. The number of fused-ring (bicyclic) bond motifs is 1. The van der Waals surface area contributed by atoms with Crippen LogP contribution in [-0.2, 0) is 16.0 Å². The van der Waals surface area contributed by atoms with Crippen molar-refractivity contribution in [3.63, 3.8) is 0 Å². The van der Waals surface area contributed by atoms with Crippen LogP contribution in [0.15, 0.2) is 73.1 Å². The van der Waals surface area contributed by atoms with Crippen LogP contribution in [0.1, 0.15) is 15.9 Å². The highest BCUT2D eigenvalue weighted by molar-refractivity contribution is 6.15. The molecule has 182 valence electrons. The van der Waals surface area contributed by atoms with E-state index in [1.807, 2.05) is 53.4 Å². The number of halogens is 1. The van der Waals surface area contributed by atoms with E-state index in [4.69, 9.17) is 21.5 Å². The van der Waals surface area contributed by atoms with Crippen molar-refractivity contribution >= 4 is 34.5 Å². The van der Waals surface area contributed by atoms with Crippen LogP contribution in [0.25, 0.3) is 33.3 Å². The van der Waals surface area contributed by atoms with Gasteiger partial charge in [-0.05, 0) is 40.6 Å². The van der Waals surface area contributed by atoms with Gasteiger partial charge in [-0.1, -0.05) is 48.5 Å². The van der Waals surface area contributed by atoms with Gasteiger partial charge in [0, 0.05) is 36.4 Å². The fourth-order valence-corrected chi connectivity index (χ4v) is 4.35. The van der Waals surface area contributed by atoms with Gasteiger partial charge in [0.15, 0.2) is 0 Å². The molecular weight excluding hydrogens is 478 g/mol. The van der Waals surface area contributed by atoms with E-state index < -0.39 is 0 Å². The van der Waals surface area contributed by atoms with Crippen LogP contribution < -0.4 is 10.4 Å². The lowest BCUT2D eigenvalue weighted by molar-refractivity contribution is -0.134. The van der Waals surface area contributed by atoms with E-state index in [2.05, 4.69) is 15.4 Å². The van der Waals surface area contributed by atoms with Gasteiger partial charge >= 0.3 is 0 Å². The van der Waals surface area contributed by atoms with Gasteiger partial charge in [0.05, 0.1) is 36.4 Å². The second-order valence-electron chi connectivity index (χ2n) is 8.44. The summed E-state index contributed by atoms with van der Waals surface area (Å²) in [4.78, 5) is 37.9. The average Bonchev–Trinajstić information content (AvgIpc) is 2.93. The second kappa shape index (κ2) is 10.8. The molecule has 5 rings (SSSR count). The molecule has 1 aliphatic heterocycles. The number of aromatic nitrogens is 2. The van der Waals surface area contributed by atoms with E-state index in [1.54, 1.807) is 24.5 Å². The summed E-state index contributed by atoms with van der Waals surface area (Å²) in [6.07, 6.45) is 3.63. The third kappa shape index (κ3) is 5.21. The second-order valence-corrected chi connectivity index (χ2v) is 8.63. The maximum atomic E-state index is 12.5. The molecule has 0 bridgehead atoms. The van der Waals surface area contributed by atoms with Crippen molar-refractivity contribution in [2.24, 2.45) is 0 Å². The van der Waals surface area contributed by atoms with Crippen molar-refractivity contribution in [3.05, 3.63) is 84.2 Å². The molecule has 0 aliphatic carbocycles. The van der Waals surface area contributed by atoms with Crippen molar-refractivity contribution in [3.8, 4) is 22.4 Å². The van der Waals surface area contributed by atoms with E-state index >= 15 is 0 Å². The summed E-state index contributed by atoms with van der Waals surface area (Å²) < 4.78 is 5.32. The summed E-state index contributed by atoms with van der Waals surface area (Å²) in [6.45, 7) is 2.52. The summed E-state index contributed by atoms with van der Waals surface area (Å²) in [7, 11) is 0. The molecule has 8 nitrogen and oxygen atoms in total. The topological polar surface area (TPSA) is 96.5 Å². The quantitative estimate of drug-likeness (QED) is 0.308. The zero-order valence-corrected chi connectivity index (χ0v) is 20.2. The first-order chi connectivity index (χ1) is 17.6. The summed E-state index contributed by atoms with van der Waals surface area (Å²) in [5.74, 6) is -0.251. The summed E-state index contributed by atoms with van der Waals surface area (Å²) >= 11 is 5.46. The van der Waals surface area contributed by atoms with Crippen molar-refractivity contribution in [2.75, 3.05) is 26.3 Å². The number of pyridine rings is 2. The van der Waals surface area contributed by atoms with Gasteiger partial charge in [0.25, 0.3) is 5.91 Å². The van der Waals surface area contributed by atoms with Gasteiger partial charge in [0.2, 0.25) is 5.91 Å². The minimum Gasteiger partial charge on any atom is -0.378 e. The predicted molar refractivity (Wildman–Crippen MR) is 138 cm³/mol. The van der Waals surface area contributed by atoms with E-state index in [9.17, 15) is 9.59 Å². The highest BCUT2D eigenvalue weighted by Gasteiger charge is 2.17. The van der Waals surface area contributed by atoms with Crippen molar-refractivity contribution in [2.45, 2.75) is 6.42 Å². The Hall–Kier alpha value is -3.85. The maximum Gasteiger partial charge on any atom is 0.267 e. The first kappa shape index (κ1) is 23.9. The zero-order chi connectivity index (χ0) is 24.9. The Bertz CT molecular complexity index is 1390. The number of morpholine rings is 1. The highest BCUT2D eigenvalue weighted by Crippen LogP contribution is 2.27. The summed E-state index contributed by atoms with van der Waals surface area (Å²) in [5, 5.41) is 0.634. The standard InChI is InChI=1S/C27H24ClN5O3/c28-32-31-27(35)22-16-25(30-24-9-10-29-17-23(22)24)21-7-5-20(6-8-21)19-3-1-18(2-4-19)15-26(34)33-11-13-36-14-12-33/h1-10,16-17,32H,11-15H2,(H,31,35). The third-order valence-electron chi connectivity index (χ3n) is 6.20. The van der Waals surface area contributed by atoms with Crippen molar-refractivity contribution < 1.29 is 14.3 Å². The van der Waals surface area contributed by atoms with Gasteiger partial charge in [-0.25, -0.2) is 4.98 Å². The fraction of sp³-hybridized carbons (Fsp3) is 0.185. The highest BCUT2D eigenvalue weighted by atomic mass is 35.5. The van der Waals surface area contributed by atoms with Crippen LogP contribution in [0.5, 0.6) is 0 Å². The monoisotopic (exact) mass is 501 g/mol. The number of hydrazine groups is 1. The number of hydrogen-bond acceptors (Lipinski definition) is 6. The smallest absolute Gasteiger partial charge is 0.267 e. The normalized spacial score (nSPS) is 13.5. The van der Waals surface area contributed by atoms with Crippen molar-refractivity contribution in [1.82, 2.24) is 25.2 Å². The Morgan fingerprint density at radius 2 is 1.61 bits per heavy atom. The molecule has 1 fully saturated rings. The molecule has 0 radical (unpaired) electrons. The largest absolute Gasteiger partial charge is 0.378 e. The maximum absolute atomic E-state index is 12.5. The minimum absolute atomic E-state index is 0.129. The van der Waals surface area contributed by atoms with Gasteiger partial charge in [-0.2, -0.15) is 0 Å². The number of hydrogen-bond donors (Lipinski definition) is 2. The molecule has 9 heteroatoms. The van der Waals surface area contributed by atoms with Gasteiger partial charge in [-0.3, -0.25) is 20.0 Å². The molecule has 2 amide bonds. The van der Waals surface area contributed by atoms with E-state index in [1.165, 1.54) is 0 Å². The molecule has 1 aliphatic rings. The van der Waals surface area contributed by atoms with Gasteiger partial charge in [-0.15, -0.1) is 4.94 Å². The first-order valence-corrected chi connectivity index (χ1v) is 12.0. The number of carbonyl (C=O) groups excluding carboxylic acids is 2. The van der Waals surface area contributed by atoms with Crippen LogP contribution in [0.4, 0.5) is 0 Å². The van der Waals surface area contributed by atoms with Crippen LogP contribution in [0.3, 0.4) is 0 Å². The van der Waals surface area contributed by atoms with Crippen molar-refractivity contribution in [1.29, 1.82) is 0 Å². The number of amides is 2. The Morgan fingerprint density at radius 3 is 2.31 bits per heavy atom. The van der Waals surface area contributed by atoms with E-state index in [0.29, 0.717) is 54.9 Å². The Morgan fingerprint density at radius 1 is 0.944 bits per heavy atom. The number of carbonyl (C=O) groups is 2. The third-order valence-corrected chi connectivity index (χ3v) is 6.30. The molecular formula is C27H24ClN5O3. The van der Waals surface area contributed by atoms with E-state index in [-0.39, 0.29) is 11.8 Å². The molecule has 4 aromatic rings. The number of ether oxygens (including phenoxy) is 1. The molecule has 1 saturated heterocycles. The summed E-state index contributed by atoms with van der Waals surface area (Å²) in [6, 6.07) is 19.5. The Balaban J connectivity index is 1.35. The minimum atomic E-state index is -0.379.